The summed E-state index contributed by atoms with van der Waals surface area (Å²) < 4.78 is 5.92. The highest BCUT2D eigenvalue weighted by Crippen LogP contribution is 2.26. The minimum absolute atomic E-state index is 0. The van der Waals surface area contributed by atoms with Crippen molar-refractivity contribution in [1.82, 2.24) is 15.2 Å². The molecule has 126 valence electrons. The first-order valence-electron chi connectivity index (χ1n) is 7.84. The molecular weight excluding hydrogens is 333 g/mol. The van der Waals surface area contributed by atoms with Gasteiger partial charge in [0.15, 0.2) is 5.76 Å². The summed E-state index contributed by atoms with van der Waals surface area (Å²) in [6, 6.07) is 10.9. The quantitative estimate of drug-likeness (QED) is 0.916. The first kappa shape index (κ1) is 18.3. The van der Waals surface area contributed by atoms with E-state index in [1.54, 1.807) is 0 Å². The minimum atomic E-state index is 0. The van der Waals surface area contributed by atoms with Crippen LogP contribution in [0.5, 0.6) is 0 Å². The SMILES string of the molecule is Cl.Cl.c1ccc(-c2cnc(CN3CCC4NCCC4C3)o2)cc1. The number of oxazole rings is 1. The van der Waals surface area contributed by atoms with Crippen LogP contribution in [0.2, 0.25) is 0 Å². The second-order valence-electron chi connectivity index (χ2n) is 6.12. The van der Waals surface area contributed by atoms with Gasteiger partial charge < -0.3 is 9.73 Å². The van der Waals surface area contributed by atoms with Gasteiger partial charge >= 0.3 is 0 Å². The van der Waals surface area contributed by atoms with Crippen molar-refractivity contribution in [3.05, 3.63) is 42.4 Å². The first-order valence-corrected chi connectivity index (χ1v) is 7.84. The Labute approximate surface area is 149 Å². The zero-order chi connectivity index (χ0) is 14.1. The van der Waals surface area contributed by atoms with Gasteiger partial charge in [-0.3, -0.25) is 4.90 Å². The van der Waals surface area contributed by atoms with Crippen LogP contribution < -0.4 is 5.32 Å². The number of hydrogen-bond donors (Lipinski definition) is 1. The molecule has 6 heteroatoms. The summed E-state index contributed by atoms with van der Waals surface area (Å²) in [5.74, 6) is 2.50. The molecular formula is C17H23Cl2N3O. The minimum Gasteiger partial charge on any atom is -0.439 e. The van der Waals surface area contributed by atoms with Gasteiger partial charge in [-0.15, -0.1) is 24.8 Å². The number of rotatable bonds is 3. The molecule has 0 aliphatic carbocycles. The van der Waals surface area contributed by atoms with Crippen molar-refractivity contribution in [2.24, 2.45) is 5.92 Å². The van der Waals surface area contributed by atoms with Crippen LogP contribution in [0, 0.1) is 5.92 Å². The third-order valence-electron chi connectivity index (χ3n) is 4.71. The molecule has 2 aromatic rings. The second kappa shape index (κ2) is 8.15. The molecule has 2 unspecified atom stereocenters. The van der Waals surface area contributed by atoms with Crippen molar-refractivity contribution < 1.29 is 4.42 Å². The van der Waals surface area contributed by atoms with Gasteiger partial charge in [0, 0.05) is 24.7 Å². The van der Waals surface area contributed by atoms with Gasteiger partial charge in [-0.2, -0.15) is 0 Å². The molecule has 2 saturated heterocycles. The molecule has 23 heavy (non-hydrogen) atoms. The Bertz CT molecular complexity index is 605. The lowest BCUT2D eigenvalue weighted by Crippen LogP contribution is -2.43. The fraction of sp³-hybridized carbons (Fsp3) is 0.471. The average molecular weight is 356 g/mol. The van der Waals surface area contributed by atoms with E-state index >= 15 is 0 Å². The molecule has 1 aromatic carbocycles. The van der Waals surface area contributed by atoms with Crippen LogP contribution in [-0.4, -0.2) is 35.6 Å². The van der Waals surface area contributed by atoms with Crippen LogP contribution in [0.15, 0.2) is 40.9 Å². The molecule has 3 heterocycles. The number of hydrogen-bond acceptors (Lipinski definition) is 4. The number of nitrogens with zero attached hydrogens (tertiary/aromatic N) is 2. The molecule has 0 bridgehead atoms. The van der Waals surface area contributed by atoms with E-state index in [0.717, 1.165) is 42.3 Å². The third-order valence-corrected chi connectivity index (χ3v) is 4.71. The van der Waals surface area contributed by atoms with Gasteiger partial charge in [0.2, 0.25) is 5.89 Å². The van der Waals surface area contributed by atoms with E-state index in [9.17, 15) is 0 Å². The Morgan fingerprint density at radius 2 is 2.00 bits per heavy atom. The Hall–Kier alpha value is -1.07. The number of aromatic nitrogens is 1. The summed E-state index contributed by atoms with van der Waals surface area (Å²) in [7, 11) is 0. The predicted octanol–water partition coefficient (Wildman–Crippen LogP) is 3.37. The van der Waals surface area contributed by atoms with Crippen LogP contribution in [0.4, 0.5) is 0 Å². The van der Waals surface area contributed by atoms with Crippen molar-refractivity contribution >= 4 is 24.8 Å². The summed E-state index contributed by atoms with van der Waals surface area (Å²) in [5, 5.41) is 3.60. The molecule has 4 rings (SSSR count). The summed E-state index contributed by atoms with van der Waals surface area (Å²) in [6.07, 6.45) is 4.40. The van der Waals surface area contributed by atoms with E-state index in [-0.39, 0.29) is 24.8 Å². The van der Waals surface area contributed by atoms with E-state index in [2.05, 4.69) is 27.3 Å². The summed E-state index contributed by atoms with van der Waals surface area (Å²) >= 11 is 0. The molecule has 1 aromatic heterocycles. The van der Waals surface area contributed by atoms with E-state index in [4.69, 9.17) is 4.42 Å². The number of halogens is 2. The maximum Gasteiger partial charge on any atom is 0.209 e. The smallest absolute Gasteiger partial charge is 0.209 e. The Kier molecular flexibility index (Phi) is 6.48. The van der Waals surface area contributed by atoms with Gasteiger partial charge in [0.05, 0.1) is 12.7 Å². The highest BCUT2D eigenvalue weighted by molar-refractivity contribution is 5.85. The lowest BCUT2D eigenvalue weighted by atomic mass is 9.93. The number of likely N-dealkylation sites (tertiary alicyclic amines) is 1. The van der Waals surface area contributed by atoms with E-state index in [0.29, 0.717) is 0 Å². The lowest BCUT2D eigenvalue weighted by molar-refractivity contribution is 0.144. The molecule has 2 fully saturated rings. The zero-order valence-electron chi connectivity index (χ0n) is 13.0. The highest BCUT2D eigenvalue weighted by atomic mass is 35.5. The largest absolute Gasteiger partial charge is 0.439 e. The Balaban J connectivity index is 0.000000960. The summed E-state index contributed by atoms with van der Waals surface area (Å²) in [6.45, 7) is 4.31. The van der Waals surface area contributed by atoms with Crippen molar-refractivity contribution in [1.29, 1.82) is 0 Å². The van der Waals surface area contributed by atoms with E-state index in [1.807, 2.05) is 24.4 Å². The van der Waals surface area contributed by atoms with Crippen LogP contribution in [0.3, 0.4) is 0 Å². The number of benzene rings is 1. The monoisotopic (exact) mass is 355 g/mol. The molecule has 2 aliphatic heterocycles. The van der Waals surface area contributed by atoms with Crippen molar-refractivity contribution in [2.75, 3.05) is 19.6 Å². The summed E-state index contributed by atoms with van der Waals surface area (Å²) in [5.41, 5.74) is 1.09. The molecule has 4 nitrogen and oxygen atoms in total. The number of piperidine rings is 1. The van der Waals surface area contributed by atoms with E-state index in [1.165, 1.54) is 25.9 Å². The van der Waals surface area contributed by atoms with Crippen LogP contribution in [0.25, 0.3) is 11.3 Å². The van der Waals surface area contributed by atoms with Gasteiger partial charge in [0.1, 0.15) is 0 Å². The standard InChI is InChI=1S/C17H21N3O.2ClH/c1-2-4-13(5-3-1)16-10-19-17(21-16)12-20-9-7-15-14(11-20)6-8-18-15;;/h1-5,10,14-15,18H,6-9,11-12H2;2*1H. The van der Waals surface area contributed by atoms with Gasteiger partial charge in [-0.1, -0.05) is 30.3 Å². The predicted molar refractivity (Wildman–Crippen MR) is 96.2 cm³/mol. The highest BCUT2D eigenvalue weighted by Gasteiger charge is 2.32. The maximum atomic E-state index is 5.92. The fourth-order valence-corrected chi connectivity index (χ4v) is 3.58. The molecule has 0 saturated carbocycles. The normalized spacial score (nSPS) is 23.7. The topological polar surface area (TPSA) is 41.3 Å². The lowest BCUT2D eigenvalue weighted by Gasteiger charge is -2.33. The van der Waals surface area contributed by atoms with Crippen LogP contribution >= 0.6 is 24.8 Å². The third kappa shape index (κ3) is 4.07. The van der Waals surface area contributed by atoms with Crippen molar-refractivity contribution in [3.8, 4) is 11.3 Å². The fourth-order valence-electron chi connectivity index (χ4n) is 3.58. The van der Waals surface area contributed by atoms with Crippen molar-refractivity contribution in [3.63, 3.8) is 0 Å². The Morgan fingerprint density at radius 3 is 2.83 bits per heavy atom. The molecule has 0 amide bonds. The van der Waals surface area contributed by atoms with Crippen molar-refractivity contribution in [2.45, 2.75) is 25.4 Å². The molecule has 1 N–H and O–H groups in total. The zero-order valence-corrected chi connectivity index (χ0v) is 14.6. The first-order chi connectivity index (χ1) is 10.4. The second-order valence-corrected chi connectivity index (χ2v) is 6.12. The van der Waals surface area contributed by atoms with Gasteiger partial charge in [-0.05, 0) is 25.3 Å². The summed E-state index contributed by atoms with van der Waals surface area (Å²) in [4.78, 5) is 6.93. The molecule has 2 atom stereocenters. The molecule has 0 radical (unpaired) electrons. The number of nitrogens with one attached hydrogen (secondary N) is 1. The van der Waals surface area contributed by atoms with Gasteiger partial charge in [0.25, 0.3) is 0 Å². The van der Waals surface area contributed by atoms with Crippen LogP contribution in [-0.2, 0) is 6.54 Å². The van der Waals surface area contributed by atoms with Gasteiger partial charge in [-0.25, -0.2) is 4.98 Å². The maximum absolute atomic E-state index is 5.92. The van der Waals surface area contributed by atoms with Crippen LogP contribution in [0.1, 0.15) is 18.7 Å². The van der Waals surface area contributed by atoms with E-state index < -0.39 is 0 Å². The Morgan fingerprint density at radius 1 is 1.17 bits per heavy atom. The average Bonchev–Trinajstić information content (AvgIpc) is 3.17. The molecule has 2 aliphatic rings. The number of fused-ring (bicyclic) bond motifs is 1. The molecule has 0 spiro atoms.